The maximum Gasteiger partial charge on any atom is 0.325 e. The van der Waals surface area contributed by atoms with Crippen LogP contribution in [0, 0.1) is 0 Å². The van der Waals surface area contributed by atoms with Crippen LogP contribution < -0.4 is 5.73 Å². The summed E-state index contributed by atoms with van der Waals surface area (Å²) in [5, 5.41) is 13.2. The first kappa shape index (κ1) is 11.6. The molecule has 0 fully saturated rings. The van der Waals surface area contributed by atoms with Gasteiger partial charge in [0, 0.05) is 9.86 Å². The Kier molecular flexibility index (Phi) is 2.84. The molecular weight excluding hydrogens is 290 g/mol. The van der Waals surface area contributed by atoms with E-state index in [-0.39, 0.29) is 12.2 Å². The second kappa shape index (κ2) is 4.17. The van der Waals surface area contributed by atoms with Gasteiger partial charge in [0.15, 0.2) is 5.69 Å². The van der Waals surface area contributed by atoms with Gasteiger partial charge in [0.2, 0.25) is 0 Å². The molecule has 0 aliphatic carbocycles. The minimum atomic E-state index is -1.04. The van der Waals surface area contributed by atoms with Gasteiger partial charge in [-0.25, -0.2) is 0 Å². The fourth-order valence-electron chi connectivity index (χ4n) is 1.58. The number of carboxylic acid groups (broad SMARTS) is 1. The molecular formula is C10H8BrN3O3. The van der Waals surface area contributed by atoms with E-state index in [4.69, 9.17) is 10.8 Å². The molecule has 7 heteroatoms. The van der Waals surface area contributed by atoms with Gasteiger partial charge in [-0.3, -0.25) is 14.3 Å². The van der Waals surface area contributed by atoms with Gasteiger partial charge in [0.1, 0.15) is 6.54 Å². The number of nitrogens with zero attached hydrogens (tertiary/aromatic N) is 2. The van der Waals surface area contributed by atoms with Crippen molar-refractivity contribution in [3.63, 3.8) is 0 Å². The molecule has 2 rings (SSSR count). The third-order valence-corrected chi connectivity index (χ3v) is 2.73. The summed E-state index contributed by atoms with van der Waals surface area (Å²) in [6.07, 6.45) is 0. The Morgan fingerprint density at radius 3 is 2.76 bits per heavy atom. The van der Waals surface area contributed by atoms with E-state index in [0.717, 1.165) is 4.47 Å². The fraction of sp³-hybridized carbons (Fsp3) is 0.100. The highest BCUT2D eigenvalue weighted by Gasteiger charge is 2.16. The summed E-state index contributed by atoms with van der Waals surface area (Å²) >= 11 is 3.27. The van der Waals surface area contributed by atoms with Gasteiger partial charge in [0.05, 0.1) is 5.52 Å². The smallest absolute Gasteiger partial charge is 0.325 e. The number of carbonyl (C=O) groups is 2. The van der Waals surface area contributed by atoms with E-state index < -0.39 is 11.9 Å². The Balaban J connectivity index is 2.70. The zero-order valence-corrected chi connectivity index (χ0v) is 10.1. The molecule has 1 heterocycles. The first-order valence-corrected chi connectivity index (χ1v) is 5.46. The van der Waals surface area contributed by atoms with Crippen molar-refractivity contribution in [3.8, 4) is 0 Å². The molecule has 0 spiro atoms. The van der Waals surface area contributed by atoms with Crippen molar-refractivity contribution in [2.75, 3.05) is 0 Å². The van der Waals surface area contributed by atoms with Crippen LogP contribution in [-0.4, -0.2) is 26.8 Å². The van der Waals surface area contributed by atoms with Crippen LogP contribution in [-0.2, 0) is 11.3 Å². The summed E-state index contributed by atoms with van der Waals surface area (Å²) < 4.78 is 2.01. The number of hydrogen-bond acceptors (Lipinski definition) is 3. The third kappa shape index (κ3) is 2.14. The van der Waals surface area contributed by atoms with Gasteiger partial charge >= 0.3 is 5.97 Å². The van der Waals surface area contributed by atoms with Gasteiger partial charge in [-0.2, -0.15) is 5.10 Å². The molecule has 0 atom stereocenters. The van der Waals surface area contributed by atoms with Gasteiger partial charge < -0.3 is 10.8 Å². The Bertz CT molecular complexity index is 621. The molecule has 88 valence electrons. The predicted molar refractivity (Wildman–Crippen MR) is 63.6 cm³/mol. The van der Waals surface area contributed by atoms with Gasteiger partial charge in [-0.1, -0.05) is 15.9 Å². The Labute approximate surface area is 104 Å². The first-order valence-electron chi connectivity index (χ1n) is 4.66. The van der Waals surface area contributed by atoms with E-state index in [1.165, 1.54) is 4.68 Å². The second-order valence-electron chi connectivity index (χ2n) is 3.43. The van der Waals surface area contributed by atoms with Crippen molar-refractivity contribution in [1.82, 2.24) is 9.78 Å². The number of carboxylic acids is 1. The van der Waals surface area contributed by atoms with E-state index in [2.05, 4.69) is 21.0 Å². The summed E-state index contributed by atoms with van der Waals surface area (Å²) in [5.74, 6) is -1.72. The molecule has 17 heavy (non-hydrogen) atoms. The number of nitrogens with two attached hydrogens (primary N) is 1. The van der Waals surface area contributed by atoms with Gasteiger partial charge in [-0.05, 0) is 18.2 Å². The second-order valence-corrected chi connectivity index (χ2v) is 4.34. The Hall–Kier alpha value is -1.89. The first-order chi connectivity index (χ1) is 7.99. The molecule has 0 aliphatic heterocycles. The van der Waals surface area contributed by atoms with Crippen LogP contribution in [0.25, 0.3) is 10.9 Å². The topological polar surface area (TPSA) is 98.2 Å². The van der Waals surface area contributed by atoms with Crippen LogP contribution in [0.2, 0.25) is 0 Å². The minimum absolute atomic E-state index is 0.0775. The van der Waals surface area contributed by atoms with E-state index >= 15 is 0 Å². The molecule has 6 nitrogen and oxygen atoms in total. The normalized spacial score (nSPS) is 10.6. The standard InChI is InChI=1S/C10H8BrN3O3/c11-5-1-2-6-7(3-5)14(4-8(15)16)13-9(6)10(12)17/h1-3H,4H2,(H2,12,17)(H,15,16). The molecule has 0 radical (unpaired) electrons. The van der Waals surface area contributed by atoms with Crippen molar-refractivity contribution in [3.05, 3.63) is 28.4 Å². The molecule has 1 amide bonds. The molecule has 0 saturated carbocycles. The molecule has 0 saturated heterocycles. The van der Waals surface area contributed by atoms with E-state index in [1.807, 2.05) is 0 Å². The number of benzene rings is 1. The lowest BCUT2D eigenvalue weighted by atomic mass is 10.2. The molecule has 1 aromatic carbocycles. The fourth-order valence-corrected chi connectivity index (χ4v) is 1.93. The number of fused-ring (bicyclic) bond motifs is 1. The van der Waals surface area contributed by atoms with Crippen LogP contribution in [0.3, 0.4) is 0 Å². The summed E-state index contributed by atoms with van der Waals surface area (Å²) in [7, 11) is 0. The largest absolute Gasteiger partial charge is 0.480 e. The van der Waals surface area contributed by atoms with Crippen LogP contribution in [0.1, 0.15) is 10.5 Å². The van der Waals surface area contributed by atoms with Crippen LogP contribution >= 0.6 is 15.9 Å². The van der Waals surface area contributed by atoms with Gasteiger partial charge in [-0.15, -0.1) is 0 Å². The number of amides is 1. The average molecular weight is 298 g/mol. The number of aromatic nitrogens is 2. The average Bonchev–Trinajstić information content (AvgIpc) is 2.56. The maximum atomic E-state index is 11.2. The molecule has 1 aromatic heterocycles. The third-order valence-electron chi connectivity index (χ3n) is 2.23. The highest BCUT2D eigenvalue weighted by Crippen LogP contribution is 2.22. The lowest BCUT2D eigenvalue weighted by Crippen LogP contribution is -2.14. The highest BCUT2D eigenvalue weighted by molar-refractivity contribution is 9.10. The Morgan fingerprint density at radius 1 is 1.47 bits per heavy atom. The van der Waals surface area contributed by atoms with Crippen molar-refractivity contribution < 1.29 is 14.7 Å². The summed E-state index contributed by atoms with van der Waals surface area (Å²) in [4.78, 5) is 21.9. The zero-order chi connectivity index (χ0) is 12.6. The van der Waals surface area contributed by atoms with Crippen molar-refractivity contribution in [2.45, 2.75) is 6.54 Å². The predicted octanol–water partition coefficient (Wildman–Crippen LogP) is 0.982. The molecule has 2 aromatic rings. The summed E-state index contributed by atoms with van der Waals surface area (Å²) in [6.45, 7) is -0.319. The SMILES string of the molecule is NC(=O)c1nn(CC(=O)O)c2cc(Br)ccc12. The summed E-state index contributed by atoms with van der Waals surface area (Å²) in [6, 6.07) is 5.10. The molecule has 0 bridgehead atoms. The number of hydrogen-bond donors (Lipinski definition) is 2. The number of rotatable bonds is 3. The van der Waals surface area contributed by atoms with Crippen LogP contribution in [0.4, 0.5) is 0 Å². The van der Waals surface area contributed by atoms with Crippen LogP contribution in [0.5, 0.6) is 0 Å². The minimum Gasteiger partial charge on any atom is -0.480 e. The van der Waals surface area contributed by atoms with E-state index in [9.17, 15) is 9.59 Å². The molecule has 3 N–H and O–H groups in total. The van der Waals surface area contributed by atoms with Crippen molar-refractivity contribution in [1.29, 1.82) is 0 Å². The maximum absolute atomic E-state index is 11.2. The lowest BCUT2D eigenvalue weighted by Gasteiger charge is -1.98. The van der Waals surface area contributed by atoms with E-state index in [1.54, 1.807) is 18.2 Å². The zero-order valence-electron chi connectivity index (χ0n) is 8.55. The van der Waals surface area contributed by atoms with Crippen molar-refractivity contribution in [2.24, 2.45) is 5.73 Å². The monoisotopic (exact) mass is 297 g/mol. The van der Waals surface area contributed by atoms with E-state index in [0.29, 0.717) is 10.9 Å². The molecule has 0 aliphatic rings. The molecule has 0 unspecified atom stereocenters. The van der Waals surface area contributed by atoms with Crippen LogP contribution in [0.15, 0.2) is 22.7 Å². The van der Waals surface area contributed by atoms with Gasteiger partial charge in [0.25, 0.3) is 5.91 Å². The van der Waals surface area contributed by atoms with Crippen molar-refractivity contribution >= 4 is 38.7 Å². The number of carbonyl (C=O) groups excluding carboxylic acids is 1. The summed E-state index contributed by atoms with van der Waals surface area (Å²) in [5.41, 5.74) is 5.82. The quantitative estimate of drug-likeness (QED) is 0.882. The number of primary amides is 1. The number of aliphatic carboxylic acids is 1. The Morgan fingerprint density at radius 2 is 2.18 bits per heavy atom. The highest BCUT2D eigenvalue weighted by atomic mass is 79.9. The lowest BCUT2D eigenvalue weighted by molar-refractivity contribution is -0.137. The number of halogens is 1.